The summed E-state index contributed by atoms with van der Waals surface area (Å²) < 4.78 is 0.656. The first-order valence-electron chi connectivity index (χ1n) is 5.61. The fourth-order valence-electron chi connectivity index (χ4n) is 1.55. The van der Waals surface area contributed by atoms with E-state index < -0.39 is 4.92 Å². The van der Waals surface area contributed by atoms with Gasteiger partial charge in [-0.15, -0.1) is 0 Å². The van der Waals surface area contributed by atoms with Crippen LogP contribution in [0.2, 0.25) is 0 Å². The fourth-order valence-corrected chi connectivity index (χ4v) is 2.12. The summed E-state index contributed by atoms with van der Waals surface area (Å²) >= 11 is 1.97. The Morgan fingerprint density at radius 2 is 2.26 bits per heavy atom. The average molecular weight is 373 g/mol. The smallest absolute Gasteiger partial charge is 0.270 e. The van der Waals surface area contributed by atoms with Gasteiger partial charge in [-0.2, -0.15) is 5.26 Å². The summed E-state index contributed by atoms with van der Waals surface area (Å²) in [4.78, 5) is 24.0. The minimum Gasteiger partial charge on any atom is -0.338 e. The van der Waals surface area contributed by atoms with Crippen molar-refractivity contribution in [2.24, 2.45) is 0 Å². The average Bonchev–Trinajstić information content (AvgIpc) is 2.39. The van der Waals surface area contributed by atoms with Gasteiger partial charge in [0.2, 0.25) is 0 Å². The number of nitro benzene ring substituents is 1. The van der Waals surface area contributed by atoms with Gasteiger partial charge in [0.25, 0.3) is 11.6 Å². The molecule has 0 N–H and O–H groups in total. The highest BCUT2D eigenvalue weighted by molar-refractivity contribution is 14.1. The molecule has 100 valence electrons. The number of halogens is 1. The normalized spacial score (nSPS) is 9.74. The van der Waals surface area contributed by atoms with Crippen LogP contribution in [0.4, 0.5) is 5.69 Å². The zero-order valence-corrected chi connectivity index (χ0v) is 12.5. The van der Waals surface area contributed by atoms with Crippen LogP contribution in [0.15, 0.2) is 18.2 Å². The van der Waals surface area contributed by atoms with Gasteiger partial charge in [-0.25, -0.2) is 0 Å². The highest BCUT2D eigenvalue weighted by atomic mass is 127. The summed E-state index contributed by atoms with van der Waals surface area (Å²) in [6.45, 7) is 2.59. The molecular weight excluding hydrogens is 361 g/mol. The predicted molar refractivity (Wildman–Crippen MR) is 77.6 cm³/mol. The molecule has 0 atom stereocenters. The molecule has 1 aromatic rings. The lowest BCUT2D eigenvalue weighted by molar-refractivity contribution is -0.384. The number of carbonyl (C=O) groups excluding carboxylic acids is 1. The first-order chi connectivity index (χ1) is 9.01. The van der Waals surface area contributed by atoms with Gasteiger partial charge in [0.1, 0.15) is 0 Å². The van der Waals surface area contributed by atoms with Crippen molar-refractivity contribution >= 4 is 34.2 Å². The second-order valence-corrected chi connectivity index (χ2v) is 4.88. The van der Waals surface area contributed by atoms with E-state index >= 15 is 0 Å². The molecule has 0 fully saturated rings. The van der Waals surface area contributed by atoms with Crippen LogP contribution in [0.5, 0.6) is 0 Å². The predicted octanol–water partition coefficient (Wildman–Crippen LogP) is 2.58. The number of nitrogens with zero attached hydrogens (tertiary/aromatic N) is 3. The van der Waals surface area contributed by atoms with Crippen molar-refractivity contribution in [2.75, 3.05) is 13.1 Å². The zero-order valence-electron chi connectivity index (χ0n) is 10.3. The lowest BCUT2D eigenvalue weighted by Gasteiger charge is -2.20. The Bertz CT molecular complexity index is 540. The first kappa shape index (κ1) is 15.4. The van der Waals surface area contributed by atoms with Crippen LogP contribution in [0, 0.1) is 25.0 Å². The summed E-state index contributed by atoms with van der Waals surface area (Å²) in [6.07, 6.45) is 0.241. The van der Waals surface area contributed by atoms with E-state index in [0.717, 1.165) is 0 Å². The maximum atomic E-state index is 12.3. The molecule has 0 aliphatic carbocycles. The maximum Gasteiger partial charge on any atom is 0.270 e. The number of non-ortho nitro benzene ring substituents is 1. The molecule has 0 bridgehead atoms. The minimum atomic E-state index is -0.529. The van der Waals surface area contributed by atoms with Gasteiger partial charge in [0, 0.05) is 28.8 Å². The highest BCUT2D eigenvalue weighted by Crippen LogP contribution is 2.21. The molecule has 0 saturated heterocycles. The number of hydrogen-bond acceptors (Lipinski definition) is 4. The molecule has 6 nitrogen and oxygen atoms in total. The molecule has 0 aliphatic rings. The van der Waals surface area contributed by atoms with Crippen LogP contribution in [0.25, 0.3) is 0 Å². The number of carbonyl (C=O) groups is 1. The molecule has 19 heavy (non-hydrogen) atoms. The first-order valence-corrected chi connectivity index (χ1v) is 6.69. The lowest BCUT2D eigenvalue weighted by atomic mass is 10.1. The fraction of sp³-hybridized carbons (Fsp3) is 0.333. The van der Waals surface area contributed by atoms with E-state index in [2.05, 4.69) is 0 Å². The van der Waals surface area contributed by atoms with E-state index in [4.69, 9.17) is 5.26 Å². The van der Waals surface area contributed by atoms with Crippen LogP contribution in [0.1, 0.15) is 23.7 Å². The Morgan fingerprint density at radius 3 is 2.79 bits per heavy atom. The van der Waals surface area contributed by atoms with E-state index in [1.807, 2.05) is 28.7 Å². The van der Waals surface area contributed by atoms with Crippen molar-refractivity contribution in [3.63, 3.8) is 0 Å². The third kappa shape index (κ3) is 3.89. The van der Waals surface area contributed by atoms with Crippen molar-refractivity contribution in [3.05, 3.63) is 37.4 Å². The summed E-state index contributed by atoms with van der Waals surface area (Å²) in [5, 5.41) is 19.3. The zero-order chi connectivity index (χ0) is 14.4. The Balaban J connectivity index is 3.06. The summed E-state index contributed by atoms with van der Waals surface area (Å²) in [6, 6.07) is 6.17. The molecule has 0 radical (unpaired) electrons. The number of hydrogen-bond donors (Lipinski definition) is 0. The molecule has 0 aromatic heterocycles. The van der Waals surface area contributed by atoms with E-state index in [1.54, 1.807) is 13.0 Å². The maximum absolute atomic E-state index is 12.3. The topological polar surface area (TPSA) is 87.2 Å². The molecule has 0 spiro atoms. The molecule has 0 aliphatic heterocycles. The second kappa shape index (κ2) is 7.04. The van der Waals surface area contributed by atoms with Crippen LogP contribution in [0.3, 0.4) is 0 Å². The summed E-state index contributed by atoms with van der Waals surface area (Å²) in [5.41, 5.74) is 0.190. The van der Waals surface area contributed by atoms with Crippen molar-refractivity contribution in [1.82, 2.24) is 4.90 Å². The number of rotatable bonds is 5. The molecule has 1 aromatic carbocycles. The van der Waals surface area contributed by atoms with E-state index in [0.29, 0.717) is 22.2 Å². The number of nitriles is 1. The van der Waals surface area contributed by atoms with Crippen LogP contribution in [-0.4, -0.2) is 28.8 Å². The van der Waals surface area contributed by atoms with Crippen LogP contribution < -0.4 is 0 Å². The number of amides is 1. The van der Waals surface area contributed by atoms with Gasteiger partial charge >= 0.3 is 0 Å². The summed E-state index contributed by atoms with van der Waals surface area (Å²) in [5.74, 6) is -0.286. The quantitative estimate of drug-likeness (QED) is 0.451. The largest absolute Gasteiger partial charge is 0.338 e. The molecule has 0 heterocycles. The lowest BCUT2D eigenvalue weighted by Crippen LogP contribution is -2.32. The third-order valence-electron chi connectivity index (χ3n) is 2.55. The van der Waals surface area contributed by atoms with Crippen molar-refractivity contribution < 1.29 is 9.72 Å². The van der Waals surface area contributed by atoms with Gasteiger partial charge in [-0.05, 0) is 35.6 Å². The van der Waals surface area contributed by atoms with Gasteiger partial charge in [-0.1, -0.05) is 0 Å². The van der Waals surface area contributed by atoms with Gasteiger partial charge in [-0.3, -0.25) is 14.9 Å². The minimum absolute atomic E-state index is 0.111. The molecule has 0 unspecified atom stereocenters. The Hall–Kier alpha value is -1.69. The van der Waals surface area contributed by atoms with Crippen molar-refractivity contribution in [2.45, 2.75) is 13.3 Å². The van der Waals surface area contributed by atoms with E-state index in [1.165, 1.54) is 17.0 Å². The second-order valence-electron chi connectivity index (χ2n) is 3.71. The van der Waals surface area contributed by atoms with Crippen molar-refractivity contribution in [3.8, 4) is 6.07 Å². The van der Waals surface area contributed by atoms with Gasteiger partial charge < -0.3 is 4.90 Å². The van der Waals surface area contributed by atoms with Gasteiger partial charge in [0.05, 0.1) is 23.0 Å². The Morgan fingerprint density at radius 1 is 1.58 bits per heavy atom. The molecule has 1 amide bonds. The summed E-state index contributed by atoms with van der Waals surface area (Å²) in [7, 11) is 0. The van der Waals surface area contributed by atoms with Crippen molar-refractivity contribution in [1.29, 1.82) is 5.26 Å². The molecule has 0 saturated carbocycles. The monoisotopic (exact) mass is 373 g/mol. The van der Waals surface area contributed by atoms with Crippen LogP contribution in [-0.2, 0) is 0 Å². The third-order valence-corrected chi connectivity index (χ3v) is 3.49. The standard InChI is InChI=1S/C12H12IN3O3/c1-2-15(7-3-6-14)12(17)10-8-9(16(18)19)4-5-11(10)13/h4-5,8H,2-3,7H2,1H3. The van der Waals surface area contributed by atoms with E-state index in [-0.39, 0.29) is 18.0 Å². The van der Waals surface area contributed by atoms with Gasteiger partial charge in [0.15, 0.2) is 0 Å². The SMILES string of the molecule is CCN(CCC#N)C(=O)c1cc([N+](=O)[O-])ccc1I. The number of nitro groups is 1. The number of benzene rings is 1. The van der Waals surface area contributed by atoms with E-state index in [9.17, 15) is 14.9 Å². The highest BCUT2D eigenvalue weighted by Gasteiger charge is 2.19. The van der Waals surface area contributed by atoms with Crippen LogP contribution >= 0.6 is 22.6 Å². The Labute approximate surface area is 124 Å². The Kier molecular flexibility index (Phi) is 5.69. The molecular formula is C12H12IN3O3. The molecule has 7 heteroatoms. The molecule has 1 rings (SSSR count).